The first kappa shape index (κ1) is 21.6. The Kier molecular flexibility index (Phi) is 6.81. The number of amides is 1. The molecule has 2 aromatic carbocycles. The zero-order valence-electron chi connectivity index (χ0n) is 16.4. The third-order valence-electron chi connectivity index (χ3n) is 5.16. The van der Waals surface area contributed by atoms with Gasteiger partial charge in [0.05, 0.1) is 11.6 Å². The maximum absolute atomic E-state index is 12.9. The van der Waals surface area contributed by atoms with Crippen LogP contribution in [0.25, 0.3) is 5.76 Å². The molecule has 0 aromatic heterocycles. The topological polar surface area (TPSA) is 57.6 Å². The summed E-state index contributed by atoms with van der Waals surface area (Å²) in [5.74, 6) is -1.38. The molecule has 1 amide bonds. The Bertz CT molecular complexity index is 969. The number of nitrogens with zero attached hydrogens (tertiary/aromatic N) is 1. The molecular weight excluding hydrogens is 454 g/mol. The van der Waals surface area contributed by atoms with Gasteiger partial charge in [-0.2, -0.15) is 0 Å². The van der Waals surface area contributed by atoms with Crippen LogP contribution in [0.1, 0.15) is 48.9 Å². The molecule has 1 fully saturated rings. The van der Waals surface area contributed by atoms with Crippen LogP contribution in [0.3, 0.4) is 0 Å². The highest BCUT2D eigenvalue weighted by atomic mass is 79.9. The number of aliphatic hydroxyl groups excluding tert-OH is 1. The Morgan fingerprint density at radius 2 is 1.83 bits per heavy atom. The predicted molar refractivity (Wildman–Crippen MR) is 119 cm³/mol. The molecule has 6 heteroatoms. The lowest BCUT2D eigenvalue weighted by Crippen LogP contribution is -2.30. The van der Waals surface area contributed by atoms with E-state index in [4.69, 9.17) is 11.6 Å². The third-order valence-corrected chi connectivity index (χ3v) is 6.30. The van der Waals surface area contributed by atoms with Gasteiger partial charge in [0.25, 0.3) is 11.7 Å². The van der Waals surface area contributed by atoms with Gasteiger partial charge in [0.2, 0.25) is 0 Å². The number of aliphatic hydroxyl groups is 1. The molecule has 1 heterocycles. The first-order valence-corrected chi connectivity index (χ1v) is 10.8. The molecule has 1 N–H and O–H groups in total. The van der Waals surface area contributed by atoms with E-state index < -0.39 is 17.7 Å². The Balaban J connectivity index is 2.13. The van der Waals surface area contributed by atoms with Gasteiger partial charge in [0.1, 0.15) is 5.76 Å². The third kappa shape index (κ3) is 4.41. The molecule has 0 saturated carbocycles. The van der Waals surface area contributed by atoms with Crippen molar-refractivity contribution in [3.63, 3.8) is 0 Å². The van der Waals surface area contributed by atoms with Crippen LogP contribution < -0.4 is 0 Å². The van der Waals surface area contributed by atoms with Crippen LogP contribution in [-0.4, -0.2) is 28.2 Å². The molecule has 3 rings (SSSR count). The quantitative estimate of drug-likeness (QED) is 0.240. The number of halogens is 2. The van der Waals surface area contributed by atoms with Gasteiger partial charge in [0.15, 0.2) is 0 Å². The minimum atomic E-state index is -0.653. The van der Waals surface area contributed by atoms with E-state index in [-0.39, 0.29) is 11.3 Å². The van der Waals surface area contributed by atoms with Gasteiger partial charge in [-0.3, -0.25) is 9.59 Å². The number of unbranched alkanes of at least 4 members (excludes halogenated alkanes) is 2. The van der Waals surface area contributed by atoms with Gasteiger partial charge in [0, 0.05) is 21.6 Å². The number of Topliss-reactive ketones (excluding diaryl/α,β-unsaturated/α-hetero) is 1. The number of carbonyl (C=O) groups excluding carboxylic acids is 2. The molecule has 1 atom stereocenters. The lowest BCUT2D eigenvalue weighted by atomic mass is 9.95. The number of benzene rings is 2. The Hall–Kier alpha value is -2.11. The van der Waals surface area contributed by atoms with Gasteiger partial charge >= 0.3 is 0 Å². The highest BCUT2D eigenvalue weighted by Gasteiger charge is 2.45. The first-order valence-electron chi connectivity index (χ1n) is 9.65. The molecule has 29 heavy (non-hydrogen) atoms. The van der Waals surface area contributed by atoms with E-state index in [0.717, 1.165) is 34.9 Å². The molecule has 1 saturated heterocycles. The van der Waals surface area contributed by atoms with Crippen LogP contribution in [0.5, 0.6) is 0 Å². The Morgan fingerprint density at radius 3 is 2.45 bits per heavy atom. The standard InChI is InChI=1S/C23H23BrClNO3/c1-3-4-5-12-26-20(15-6-9-17(25)10-7-15)19(22(28)23(26)29)21(27)16-8-11-18(24)14(2)13-16/h6-11,13,20,27H,3-5,12H2,1-2H3/b21-19-. The zero-order valence-corrected chi connectivity index (χ0v) is 18.8. The second kappa shape index (κ2) is 9.14. The van der Waals surface area contributed by atoms with E-state index in [0.29, 0.717) is 17.1 Å². The molecular formula is C23H23BrClNO3. The maximum Gasteiger partial charge on any atom is 0.295 e. The van der Waals surface area contributed by atoms with Crippen LogP contribution >= 0.6 is 27.5 Å². The molecule has 2 aromatic rings. The van der Waals surface area contributed by atoms with Crippen LogP contribution in [0.15, 0.2) is 52.5 Å². The van der Waals surface area contributed by atoms with E-state index in [1.807, 2.05) is 13.0 Å². The number of hydrogen-bond donors (Lipinski definition) is 1. The van der Waals surface area contributed by atoms with E-state index in [9.17, 15) is 14.7 Å². The number of likely N-dealkylation sites (tertiary alicyclic amines) is 1. The van der Waals surface area contributed by atoms with Crippen LogP contribution in [0.2, 0.25) is 5.02 Å². The van der Waals surface area contributed by atoms with Crippen molar-refractivity contribution in [2.75, 3.05) is 6.54 Å². The lowest BCUT2D eigenvalue weighted by Gasteiger charge is -2.25. The molecule has 1 unspecified atom stereocenters. The summed E-state index contributed by atoms with van der Waals surface area (Å²) in [6.07, 6.45) is 2.76. The van der Waals surface area contributed by atoms with E-state index in [1.165, 1.54) is 0 Å². The predicted octanol–water partition coefficient (Wildman–Crippen LogP) is 6.02. The van der Waals surface area contributed by atoms with Crippen molar-refractivity contribution < 1.29 is 14.7 Å². The minimum Gasteiger partial charge on any atom is -0.507 e. The fourth-order valence-corrected chi connectivity index (χ4v) is 3.95. The summed E-state index contributed by atoms with van der Waals surface area (Å²) in [5, 5.41) is 11.6. The number of carbonyl (C=O) groups is 2. The van der Waals surface area contributed by atoms with Gasteiger partial charge < -0.3 is 10.0 Å². The Morgan fingerprint density at radius 1 is 1.14 bits per heavy atom. The van der Waals surface area contributed by atoms with Gasteiger partial charge in [-0.15, -0.1) is 0 Å². The fraction of sp³-hybridized carbons (Fsp3) is 0.304. The normalized spacial score (nSPS) is 18.5. The molecule has 0 radical (unpaired) electrons. The number of hydrogen-bond acceptors (Lipinski definition) is 3. The lowest BCUT2D eigenvalue weighted by molar-refractivity contribution is -0.139. The highest BCUT2D eigenvalue weighted by molar-refractivity contribution is 9.10. The van der Waals surface area contributed by atoms with Gasteiger partial charge in [-0.05, 0) is 48.7 Å². The molecule has 1 aliphatic heterocycles. The maximum atomic E-state index is 12.9. The van der Waals surface area contributed by atoms with Crippen molar-refractivity contribution >= 4 is 45.0 Å². The van der Waals surface area contributed by atoms with Crippen molar-refractivity contribution in [2.45, 2.75) is 39.2 Å². The summed E-state index contributed by atoms with van der Waals surface area (Å²) in [7, 11) is 0. The van der Waals surface area contributed by atoms with Crippen molar-refractivity contribution in [1.29, 1.82) is 0 Å². The molecule has 1 aliphatic rings. The second-order valence-electron chi connectivity index (χ2n) is 7.22. The summed E-state index contributed by atoms with van der Waals surface area (Å²) < 4.78 is 0.906. The monoisotopic (exact) mass is 475 g/mol. The minimum absolute atomic E-state index is 0.121. The summed E-state index contributed by atoms with van der Waals surface area (Å²) in [5.41, 5.74) is 2.31. The van der Waals surface area contributed by atoms with Crippen LogP contribution in [0.4, 0.5) is 0 Å². The molecule has 0 spiro atoms. The van der Waals surface area contributed by atoms with Gasteiger partial charge in [-0.1, -0.05) is 65.5 Å². The summed E-state index contributed by atoms with van der Waals surface area (Å²) in [4.78, 5) is 27.3. The van der Waals surface area contributed by atoms with Crippen molar-refractivity contribution in [2.24, 2.45) is 0 Å². The molecule has 152 valence electrons. The Labute approximate surface area is 184 Å². The molecule has 0 bridgehead atoms. The number of aryl methyl sites for hydroxylation is 1. The van der Waals surface area contributed by atoms with Crippen molar-refractivity contribution in [3.8, 4) is 0 Å². The number of rotatable bonds is 6. The molecule has 4 nitrogen and oxygen atoms in total. The second-order valence-corrected chi connectivity index (χ2v) is 8.51. The first-order chi connectivity index (χ1) is 13.8. The summed E-state index contributed by atoms with van der Waals surface area (Å²) >= 11 is 9.47. The summed E-state index contributed by atoms with van der Waals surface area (Å²) in [6, 6.07) is 11.8. The average Bonchev–Trinajstić information content (AvgIpc) is 2.95. The van der Waals surface area contributed by atoms with E-state index >= 15 is 0 Å². The highest BCUT2D eigenvalue weighted by Crippen LogP contribution is 2.40. The zero-order chi connectivity index (χ0) is 21.1. The smallest absolute Gasteiger partial charge is 0.295 e. The largest absolute Gasteiger partial charge is 0.507 e. The van der Waals surface area contributed by atoms with Crippen LogP contribution in [0, 0.1) is 6.92 Å². The fourth-order valence-electron chi connectivity index (χ4n) is 3.58. The molecule has 0 aliphatic carbocycles. The van der Waals surface area contributed by atoms with Crippen molar-refractivity contribution in [1.82, 2.24) is 4.90 Å². The van der Waals surface area contributed by atoms with Gasteiger partial charge in [-0.25, -0.2) is 0 Å². The van der Waals surface area contributed by atoms with Crippen molar-refractivity contribution in [3.05, 3.63) is 74.2 Å². The van der Waals surface area contributed by atoms with E-state index in [1.54, 1.807) is 41.3 Å². The van der Waals surface area contributed by atoms with E-state index in [2.05, 4.69) is 22.9 Å². The van der Waals surface area contributed by atoms with Crippen LogP contribution in [-0.2, 0) is 9.59 Å². The summed E-state index contributed by atoms with van der Waals surface area (Å²) in [6.45, 7) is 4.45. The number of ketones is 1. The SMILES string of the molecule is CCCCCN1C(=O)C(=O)/C(=C(\O)c2ccc(Br)c(C)c2)C1c1ccc(Cl)cc1. The average molecular weight is 477 g/mol.